The molecule has 25 heavy (non-hydrogen) atoms. The number of halogens is 2. The van der Waals surface area contributed by atoms with E-state index >= 15 is 0 Å². The van der Waals surface area contributed by atoms with E-state index in [1.807, 2.05) is 6.07 Å². The van der Waals surface area contributed by atoms with E-state index in [0.29, 0.717) is 40.6 Å². The molecule has 2 rings (SSSR count). The maximum absolute atomic E-state index is 12.2. The Labute approximate surface area is 158 Å². The number of carbonyl (C=O) groups is 1. The van der Waals surface area contributed by atoms with Crippen LogP contribution in [0.4, 0.5) is 5.95 Å². The van der Waals surface area contributed by atoms with Crippen molar-refractivity contribution in [1.82, 2.24) is 15.3 Å². The molecule has 5 nitrogen and oxygen atoms in total. The fourth-order valence-electron chi connectivity index (χ4n) is 2.17. The SMILES string of the molecule is CC(C)CCNc1nccc(C(=O)NCCc2ccc(Cl)cc2Cl)n1. The Bertz CT molecular complexity index is 722. The molecule has 1 heterocycles. The van der Waals surface area contributed by atoms with E-state index in [9.17, 15) is 4.79 Å². The van der Waals surface area contributed by atoms with Gasteiger partial charge in [0.15, 0.2) is 0 Å². The number of nitrogens with one attached hydrogen (secondary N) is 2. The minimum Gasteiger partial charge on any atom is -0.354 e. The Morgan fingerprint density at radius 2 is 2.00 bits per heavy atom. The van der Waals surface area contributed by atoms with Gasteiger partial charge in [-0.25, -0.2) is 9.97 Å². The van der Waals surface area contributed by atoms with E-state index in [0.717, 1.165) is 18.5 Å². The van der Waals surface area contributed by atoms with Crippen LogP contribution in [0.3, 0.4) is 0 Å². The fourth-order valence-corrected chi connectivity index (χ4v) is 2.67. The third-order valence-electron chi connectivity index (χ3n) is 3.59. The summed E-state index contributed by atoms with van der Waals surface area (Å²) in [5.41, 5.74) is 1.27. The minimum atomic E-state index is -0.237. The van der Waals surface area contributed by atoms with Gasteiger partial charge in [0.25, 0.3) is 5.91 Å². The van der Waals surface area contributed by atoms with Gasteiger partial charge >= 0.3 is 0 Å². The van der Waals surface area contributed by atoms with Crippen LogP contribution in [0.5, 0.6) is 0 Å². The summed E-state index contributed by atoms with van der Waals surface area (Å²) >= 11 is 12.0. The van der Waals surface area contributed by atoms with E-state index in [-0.39, 0.29) is 5.91 Å². The lowest BCUT2D eigenvalue weighted by molar-refractivity contribution is 0.0949. The molecule has 0 aliphatic rings. The zero-order valence-corrected chi connectivity index (χ0v) is 15.9. The molecule has 0 saturated carbocycles. The van der Waals surface area contributed by atoms with Crippen molar-refractivity contribution < 1.29 is 4.79 Å². The average molecular weight is 381 g/mol. The highest BCUT2D eigenvalue weighted by molar-refractivity contribution is 6.35. The topological polar surface area (TPSA) is 66.9 Å². The summed E-state index contributed by atoms with van der Waals surface area (Å²) in [6.07, 6.45) is 3.21. The van der Waals surface area contributed by atoms with Crippen LogP contribution in [0.1, 0.15) is 36.3 Å². The first-order valence-electron chi connectivity index (χ1n) is 8.24. The Kier molecular flexibility index (Phi) is 7.47. The van der Waals surface area contributed by atoms with Gasteiger partial charge in [-0.2, -0.15) is 0 Å². The third kappa shape index (κ3) is 6.52. The van der Waals surface area contributed by atoms with Crippen molar-refractivity contribution >= 4 is 35.1 Å². The lowest BCUT2D eigenvalue weighted by Crippen LogP contribution is -2.27. The number of anilines is 1. The summed E-state index contributed by atoms with van der Waals surface area (Å²) < 4.78 is 0. The first kappa shape index (κ1) is 19.5. The predicted molar refractivity (Wildman–Crippen MR) is 102 cm³/mol. The van der Waals surface area contributed by atoms with Crippen LogP contribution in [0.2, 0.25) is 10.0 Å². The van der Waals surface area contributed by atoms with Gasteiger partial charge in [0, 0.05) is 29.3 Å². The molecule has 0 bridgehead atoms. The third-order valence-corrected chi connectivity index (χ3v) is 4.17. The molecule has 0 aliphatic heterocycles. The van der Waals surface area contributed by atoms with Gasteiger partial charge in [0.2, 0.25) is 5.95 Å². The molecule has 0 radical (unpaired) electrons. The zero-order chi connectivity index (χ0) is 18.2. The van der Waals surface area contributed by atoms with E-state index in [1.165, 1.54) is 0 Å². The van der Waals surface area contributed by atoms with Crippen molar-refractivity contribution in [2.75, 3.05) is 18.4 Å². The van der Waals surface area contributed by atoms with Crippen molar-refractivity contribution in [1.29, 1.82) is 0 Å². The van der Waals surface area contributed by atoms with Crippen LogP contribution in [0, 0.1) is 5.92 Å². The maximum atomic E-state index is 12.2. The molecule has 0 fully saturated rings. The van der Waals surface area contributed by atoms with Crippen LogP contribution in [0.25, 0.3) is 0 Å². The minimum absolute atomic E-state index is 0.237. The maximum Gasteiger partial charge on any atom is 0.270 e. The molecule has 7 heteroatoms. The molecule has 0 aliphatic carbocycles. The van der Waals surface area contributed by atoms with Crippen molar-refractivity contribution in [3.8, 4) is 0 Å². The molecule has 2 N–H and O–H groups in total. The molecular formula is C18H22Cl2N4O. The molecule has 1 amide bonds. The van der Waals surface area contributed by atoms with E-state index < -0.39 is 0 Å². The largest absolute Gasteiger partial charge is 0.354 e. The van der Waals surface area contributed by atoms with Crippen LogP contribution in [0.15, 0.2) is 30.5 Å². The molecule has 1 aromatic heterocycles. The lowest BCUT2D eigenvalue weighted by atomic mass is 10.1. The van der Waals surface area contributed by atoms with Crippen LogP contribution in [-0.2, 0) is 6.42 Å². The Morgan fingerprint density at radius 1 is 1.20 bits per heavy atom. The summed E-state index contributed by atoms with van der Waals surface area (Å²) in [5, 5.41) is 7.17. The Morgan fingerprint density at radius 3 is 2.72 bits per heavy atom. The van der Waals surface area contributed by atoms with E-state index in [2.05, 4.69) is 34.4 Å². The summed E-state index contributed by atoms with van der Waals surface area (Å²) in [6.45, 7) is 5.54. The van der Waals surface area contributed by atoms with Gasteiger partial charge in [0.05, 0.1) is 0 Å². The highest BCUT2D eigenvalue weighted by atomic mass is 35.5. The van der Waals surface area contributed by atoms with Crippen molar-refractivity contribution in [2.24, 2.45) is 5.92 Å². The molecule has 0 atom stereocenters. The smallest absolute Gasteiger partial charge is 0.270 e. The number of hydrogen-bond donors (Lipinski definition) is 2. The van der Waals surface area contributed by atoms with Gasteiger partial charge in [-0.05, 0) is 42.5 Å². The van der Waals surface area contributed by atoms with Gasteiger partial charge in [0.1, 0.15) is 5.69 Å². The molecule has 0 saturated heterocycles. The number of nitrogens with zero attached hydrogens (tertiary/aromatic N) is 2. The molecule has 0 unspecified atom stereocenters. The summed E-state index contributed by atoms with van der Waals surface area (Å²) in [5.74, 6) is 0.826. The number of benzene rings is 1. The Hall–Kier alpha value is -1.85. The Balaban J connectivity index is 1.86. The second-order valence-corrected chi connectivity index (χ2v) is 6.96. The first-order chi connectivity index (χ1) is 12.0. The van der Waals surface area contributed by atoms with Crippen LogP contribution >= 0.6 is 23.2 Å². The number of amides is 1. The van der Waals surface area contributed by atoms with Gasteiger partial charge in [-0.1, -0.05) is 43.1 Å². The van der Waals surface area contributed by atoms with E-state index in [4.69, 9.17) is 23.2 Å². The van der Waals surface area contributed by atoms with Gasteiger partial charge < -0.3 is 10.6 Å². The molecular weight excluding hydrogens is 359 g/mol. The summed E-state index contributed by atoms with van der Waals surface area (Å²) in [7, 11) is 0. The summed E-state index contributed by atoms with van der Waals surface area (Å²) in [4.78, 5) is 20.6. The van der Waals surface area contributed by atoms with Crippen molar-refractivity contribution in [3.63, 3.8) is 0 Å². The molecule has 134 valence electrons. The number of carbonyl (C=O) groups excluding carboxylic acids is 1. The lowest BCUT2D eigenvalue weighted by Gasteiger charge is -2.09. The quantitative estimate of drug-likeness (QED) is 0.719. The second kappa shape index (κ2) is 9.59. The van der Waals surface area contributed by atoms with E-state index in [1.54, 1.807) is 24.4 Å². The molecule has 1 aromatic carbocycles. The predicted octanol–water partition coefficient (Wildman–Crippen LogP) is 4.21. The van der Waals surface area contributed by atoms with Gasteiger partial charge in [-0.3, -0.25) is 4.79 Å². The zero-order valence-electron chi connectivity index (χ0n) is 14.4. The van der Waals surface area contributed by atoms with Crippen molar-refractivity contribution in [2.45, 2.75) is 26.7 Å². The summed E-state index contributed by atoms with van der Waals surface area (Å²) in [6, 6.07) is 6.93. The standard InChI is InChI=1S/C18H22Cl2N4O/c1-12(2)5-8-22-18-23-10-7-16(24-18)17(25)21-9-6-13-3-4-14(19)11-15(13)20/h3-4,7,10-12H,5-6,8-9H2,1-2H3,(H,21,25)(H,22,23,24). The van der Waals surface area contributed by atoms with Crippen LogP contribution in [-0.4, -0.2) is 29.0 Å². The average Bonchev–Trinajstić information content (AvgIpc) is 2.56. The monoisotopic (exact) mass is 380 g/mol. The first-order valence-corrected chi connectivity index (χ1v) is 9.00. The fraction of sp³-hybridized carbons (Fsp3) is 0.389. The second-order valence-electron chi connectivity index (χ2n) is 6.12. The highest BCUT2D eigenvalue weighted by Crippen LogP contribution is 2.21. The highest BCUT2D eigenvalue weighted by Gasteiger charge is 2.09. The number of rotatable bonds is 8. The number of hydrogen-bond acceptors (Lipinski definition) is 4. The normalized spacial score (nSPS) is 10.8. The molecule has 2 aromatic rings. The van der Waals surface area contributed by atoms with Crippen LogP contribution < -0.4 is 10.6 Å². The molecule has 0 spiro atoms. The number of aromatic nitrogens is 2. The van der Waals surface area contributed by atoms with Crippen molar-refractivity contribution in [3.05, 3.63) is 51.8 Å². The van der Waals surface area contributed by atoms with Gasteiger partial charge in [-0.15, -0.1) is 0 Å².